The highest BCUT2D eigenvalue weighted by Gasteiger charge is 2.60. The van der Waals surface area contributed by atoms with Gasteiger partial charge in [-0.25, -0.2) is 0 Å². The molecule has 3 aliphatic rings. The number of hydrogen-bond acceptors (Lipinski definition) is 1. The van der Waals surface area contributed by atoms with Crippen LogP contribution in [0, 0.1) is 16.7 Å². The molecule has 0 aromatic rings. The molecule has 2 atom stereocenters. The quantitative estimate of drug-likeness (QED) is 0.670. The molecule has 0 heterocycles. The molecule has 3 aliphatic carbocycles. The Bertz CT molecular complexity index is 288. The van der Waals surface area contributed by atoms with Crippen LogP contribution in [0.3, 0.4) is 0 Å². The van der Waals surface area contributed by atoms with Crippen molar-refractivity contribution < 1.29 is 0 Å². The van der Waals surface area contributed by atoms with Crippen molar-refractivity contribution in [2.45, 2.75) is 47.0 Å². The van der Waals surface area contributed by atoms with Crippen molar-refractivity contribution in [1.29, 1.82) is 0 Å². The molecule has 1 nitrogen and oxygen atoms in total. The van der Waals surface area contributed by atoms with Crippen LogP contribution in [0.1, 0.15) is 47.0 Å². The van der Waals surface area contributed by atoms with Gasteiger partial charge >= 0.3 is 0 Å². The van der Waals surface area contributed by atoms with Crippen LogP contribution in [-0.2, 0) is 0 Å². The van der Waals surface area contributed by atoms with Gasteiger partial charge in [0.25, 0.3) is 0 Å². The van der Waals surface area contributed by atoms with Crippen LogP contribution in [0.4, 0.5) is 0 Å². The number of rotatable bonds is 2. The van der Waals surface area contributed by atoms with E-state index in [1.165, 1.54) is 12.8 Å². The van der Waals surface area contributed by atoms with E-state index < -0.39 is 0 Å². The summed E-state index contributed by atoms with van der Waals surface area (Å²) in [5.41, 5.74) is 10.0. The Balaban J connectivity index is 2.41. The summed E-state index contributed by atoms with van der Waals surface area (Å²) in [5, 5.41) is 0. The summed E-state index contributed by atoms with van der Waals surface area (Å²) in [6.45, 7) is 10.5. The Hall–Kier alpha value is -0.300. The summed E-state index contributed by atoms with van der Waals surface area (Å²) in [7, 11) is 0. The molecule has 1 fully saturated rings. The van der Waals surface area contributed by atoms with Gasteiger partial charge in [0.2, 0.25) is 0 Å². The summed E-state index contributed by atoms with van der Waals surface area (Å²) < 4.78 is 0. The molecule has 1 heteroatoms. The second-order valence-electron chi connectivity index (χ2n) is 5.76. The van der Waals surface area contributed by atoms with E-state index in [-0.39, 0.29) is 0 Å². The molecule has 2 N–H and O–H groups in total. The van der Waals surface area contributed by atoms with Crippen molar-refractivity contribution in [2.75, 3.05) is 6.54 Å². The van der Waals surface area contributed by atoms with E-state index in [9.17, 15) is 0 Å². The fraction of sp³-hybridized carbons (Fsp3) is 0.846. The van der Waals surface area contributed by atoms with Crippen molar-refractivity contribution in [3.05, 3.63) is 11.1 Å². The van der Waals surface area contributed by atoms with Crippen LogP contribution in [0.2, 0.25) is 0 Å². The molecule has 2 bridgehead atoms. The fourth-order valence-corrected chi connectivity index (χ4v) is 3.90. The normalized spacial score (nSPS) is 39.6. The van der Waals surface area contributed by atoms with Gasteiger partial charge in [-0.05, 0) is 37.1 Å². The second-order valence-corrected chi connectivity index (χ2v) is 5.76. The number of allylic oxidation sites excluding steroid dienone is 1. The van der Waals surface area contributed by atoms with E-state index in [1.54, 1.807) is 11.1 Å². The minimum absolute atomic E-state index is 0.440. The molecule has 0 aromatic heterocycles. The molecule has 0 saturated heterocycles. The fourth-order valence-electron chi connectivity index (χ4n) is 3.90. The highest BCUT2D eigenvalue weighted by atomic mass is 14.7. The van der Waals surface area contributed by atoms with Gasteiger partial charge < -0.3 is 5.73 Å². The van der Waals surface area contributed by atoms with Crippen LogP contribution >= 0.6 is 0 Å². The SMILES string of the molecule is CC1CCC2=C(CCN)C1(C)C2(C)C. The molecular weight excluding hydrogens is 170 g/mol. The van der Waals surface area contributed by atoms with Gasteiger partial charge in [-0.15, -0.1) is 0 Å². The van der Waals surface area contributed by atoms with Crippen LogP contribution in [0.25, 0.3) is 0 Å². The molecule has 0 aromatic carbocycles. The third-order valence-corrected chi connectivity index (χ3v) is 5.25. The molecule has 0 aliphatic heterocycles. The van der Waals surface area contributed by atoms with Gasteiger partial charge in [0.05, 0.1) is 0 Å². The van der Waals surface area contributed by atoms with Crippen LogP contribution in [0.15, 0.2) is 11.1 Å². The standard InChI is InChI=1S/C13H23N/c1-9-5-6-10-11(7-8-14)13(9,4)12(10,2)3/h9H,5-8,14H2,1-4H3. The topological polar surface area (TPSA) is 26.0 Å². The van der Waals surface area contributed by atoms with Gasteiger partial charge in [-0.3, -0.25) is 0 Å². The van der Waals surface area contributed by atoms with Crippen LogP contribution in [-0.4, -0.2) is 6.54 Å². The lowest BCUT2D eigenvalue weighted by atomic mass is 9.40. The Morgan fingerprint density at radius 2 is 2.00 bits per heavy atom. The molecule has 1 saturated carbocycles. The van der Waals surface area contributed by atoms with Crippen molar-refractivity contribution in [3.8, 4) is 0 Å². The Labute approximate surface area is 87.8 Å². The predicted molar refractivity (Wildman–Crippen MR) is 61.0 cm³/mol. The summed E-state index contributed by atoms with van der Waals surface area (Å²) in [6, 6.07) is 0. The zero-order valence-corrected chi connectivity index (χ0v) is 9.98. The van der Waals surface area contributed by atoms with E-state index in [1.807, 2.05) is 0 Å². The first kappa shape index (κ1) is 10.2. The molecule has 2 unspecified atom stereocenters. The summed E-state index contributed by atoms with van der Waals surface area (Å²) in [4.78, 5) is 0. The first-order valence-electron chi connectivity index (χ1n) is 5.89. The van der Waals surface area contributed by atoms with Crippen molar-refractivity contribution in [1.82, 2.24) is 0 Å². The van der Waals surface area contributed by atoms with Gasteiger partial charge in [-0.2, -0.15) is 0 Å². The molecule has 0 spiro atoms. The number of nitrogens with two attached hydrogens (primary N) is 1. The van der Waals surface area contributed by atoms with Gasteiger partial charge in [0.15, 0.2) is 0 Å². The number of hydrogen-bond donors (Lipinski definition) is 1. The first-order chi connectivity index (χ1) is 6.46. The van der Waals surface area contributed by atoms with Gasteiger partial charge in [0, 0.05) is 5.41 Å². The molecule has 80 valence electrons. The summed E-state index contributed by atoms with van der Waals surface area (Å²) in [5.74, 6) is 0.830. The van der Waals surface area contributed by atoms with E-state index in [2.05, 4.69) is 27.7 Å². The van der Waals surface area contributed by atoms with Gasteiger partial charge in [0.1, 0.15) is 0 Å². The zero-order valence-electron chi connectivity index (χ0n) is 9.98. The Morgan fingerprint density at radius 3 is 2.50 bits per heavy atom. The maximum Gasteiger partial charge on any atom is 0.000105 e. The van der Waals surface area contributed by atoms with Gasteiger partial charge in [-0.1, -0.05) is 38.8 Å². The predicted octanol–water partition coefficient (Wildman–Crippen LogP) is 3.11. The molecular formula is C13H23N. The Kier molecular flexibility index (Phi) is 2.08. The first-order valence-corrected chi connectivity index (χ1v) is 5.89. The third kappa shape index (κ3) is 0.894. The molecule has 14 heavy (non-hydrogen) atoms. The Morgan fingerprint density at radius 1 is 1.36 bits per heavy atom. The smallest absolute Gasteiger partial charge is 0.000105 e. The van der Waals surface area contributed by atoms with E-state index in [0.717, 1.165) is 18.9 Å². The van der Waals surface area contributed by atoms with Crippen molar-refractivity contribution in [2.24, 2.45) is 22.5 Å². The summed E-state index contributed by atoms with van der Waals surface area (Å²) >= 11 is 0. The second kappa shape index (κ2) is 2.85. The van der Waals surface area contributed by atoms with E-state index in [4.69, 9.17) is 5.73 Å². The highest BCUT2D eigenvalue weighted by molar-refractivity contribution is 5.45. The van der Waals surface area contributed by atoms with Crippen molar-refractivity contribution >= 4 is 0 Å². The lowest BCUT2D eigenvalue weighted by molar-refractivity contribution is 0.0107. The monoisotopic (exact) mass is 193 g/mol. The lowest BCUT2D eigenvalue weighted by Crippen LogP contribution is -2.55. The van der Waals surface area contributed by atoms with Crippen LogP contribution in [0.5, 0.6) is 0 Å². The maximum atomic E-state index is 5.70. The summed E-state index contributed by atoms with van der Waals surface area (Å²) in [6.07, 6.45) is 3.82. The maximum absolute atomic E-state index is 5.70. The minimum Gasteiger partial charge on any atom is -0.330 e. The van der Waals surface area contributed by atoms with E-state index >= 15 is 0 Å². The zero-order chi connectivity index (χ0) is 10.6. The number of fused-ring (bicyclic) bond motifs is 2. The average molecular weight is 193 g/mol. The molecule has 0 radical (unpaired) electrons. The van der Waals surface area contributed by atoms with E-state index in [0.29, 0.717) is 10.8 Å². The molecule has 0 amide bonds. The molecule has 3 rings (SSSR count). The highest BCUT2D eigenvalue weighted by Crippen LogP contribution is 2.69. The lowest BCUT2D eigenvalue weighted by Gasteiger charge is -2.64. The minimum atomic E-state index is 0.440. The van der Waals surface area contributed by atoms with Crippen LogP contribution < -0.4 is 5.73 Å². The third-order valence-electron chi connectivity index (χ3n) is 5.25. The largest absolute Gasteiger partial charge is 0.330 e. The average Bonchev–Trinajstić information content (AvgIpc) is 2.12. The van der Waals surface area contributed by atoms with Crippen molar-refractivity contribution in [3.63, 3.8) is 0 Å².